The van der Waals surface area contributed by atoms with Gasteiger partial charge < -0.3 is 10.6 Å². The molecule has 0 spiro atoms. The van der Waals surface area contributed by atoms with Gasteiger partial charge in [-0.15, -0.1) is 0 Å². The van der Waals surface area contributed by atoms with Crippen molar-refractivity contribution in [3.05, 3.63) is 35.6 Å². The van der Waals surface area contributed by atoms with Crippen molar-refractivity contribution in [2.45, 2.75) is 37.3 Å². The molecule has 1 unspecified atom stereocenters. The van der Waals surface area contributed by atoms with Crippen LogP contribution in [0.25, 0.3) is 0 Å². The minimum absolute atomic E-state index is 0.0528. The first-order chi connectivity index (χ1) is 8.70. The zero-order valence-corrected chi connectivity index (χ0v) is 10.2. The van der Waals surface area contributed by atoms with Gasteiger partial charge in [-0.3, -0.25) is 4.79 Å². The molecule has 1 atom stereocenters. The Hall–Kier alpha value is -1.42. The van der Waals surface area contributed by atoms with Gasteiger partial charge in [0.2, 0.25) is 5.91 Å². The summed E-state index contributed by atoms with van der Waals surface area (Å²) in [7, 11) is 0. The van der Waals surface area contributed by atoms with E-state index in [1.807, 2.05) is 0 Å². The van der Waals surface area contributed by atoms with Gasteiger partial charge in [-0.25, -0.2) is 4.39 Å². The molecule has 0 bridgehead atoms. The monoisotopic (exact) mass is 248 g/mol. The standard InChI is InChI=1S/C14H17FN2O/c15-11-5-3-10(4-6-11)14(7-8-14)17-13(18)12-2-1-9-16-12/h3-6,12,16H,1-2,7-9H2,(H,17,18). The molecule has 1 saturated heterocycles. The van der Waals surface area contributed by atoms with E-state index in [1.165, 1.54) is 12.1 Å². The summed E-state index contributed by atoms with van der Waals surface area (Å²) in [5, 5.41) is 6.32. The summed E-state index contributed by atoms with van der Waals surface area (Å²) < 4.78 is 12.9. The van der Waals surface area contributed by atoms with Crippen LogP contribution in [-0.2, 0) is 10.3 Å². The summed E-state index contributed by atoms with van der Waals surface area (Å²) in [4.78, 5) is 12.1. The fraction of sp³-hybridized carbons (Fsp3) is 0.500. The highest BCUT2D eigenvalue weighted by molar-refractivity contribution is 5.83. The normalized spacial score (nSPS) is 24.8. The van der Waals surface area contributed by atoms with Gasteiger partial charge in [-0.2, -0.15) is 0 Å². The van der Waals surface area contributed by atoms with Gasteiger partial charge in [0.05, 0.1) is 11.6 Å². The highest BCUT2D eigenvalue weighted by atomic mass is 19.1. The van der Waals surface area contributed by atoms with E-state index in [2.05, 4.69) is 10.6 Å². The summed E-state index contributed by atoms with van der Waals surface area (Å²) in [5.41, 5.74) is 0.768. The minimum Gasteiger partial charge on any atom is -0.345 e. The van der Waals surface area contributed by atoms with Crippen LogP contribution in [0.2, 0.25) is 0 Å². The summed E-state index contributed by atoms with van der Waals surface area (Å²) in [6, 6.07) is 6.39. The number of carbonyl (C=O) groups excluding carboxylic acids is 1. The van der Waals surface area contributed by atoms with Crippen molar-refractivity contribution in [3.63, 3.8) is 0 Å². The maximum atomic E-state index is 12.9. The van der Waals surface area contributed by atoms with Gasteiger partial charge in [0.25, 0.3) is 0 Å². The summed E-state index contributed by atoms with van der Waals surface area (Å²) in [5.74, 6) is -0.160. The van der Waals surface area contributed by atoms with Crippen molar-refractivity contribution in [2.75, 3.05) is 6.54 Å². The Labute approximate surface area is 106 Å². The predicted octanol–water partition coefficient (Wildman–Crippen LogP) is 1.68. The van der Waals surface area contributed by atoms with Crippen LogP contribution in [0.1, 0.15) is 31.2 Å². The molecule has 2 fully saturated rings. The van der Waals surface area contributed by atoms with Gasteiger partial charge in [-0.1, -0.05) is 12.1 Å². The molecule has 96 valence electrons. The number of nitrogens with one attached hydrogen (secondary N) is 2. The molecule has 1 aliphatic carbocycles. The van der Waals surface area contributed by atoms with Crippen molar-refractivity contribution < 1.29 is 9.18 Å². The Kier molecular flexibility index (Phi) is 2.82. The molecule has 1 aromatic carbocycles. The zero-order valence-electron chi connectivity index (χ0n) is 10.2. The lowest BCUT2D eigenvalue weighted by atomic mass is 10.0. The Bertz CT molecular complexity index is 447. The van der Waals surface area contributed by atoms with Crippen LogP contribution < -0.4 is 10.6 Å². The third-order valence-corrected chi connectivity index (χ3v) is 3.89. The fourth-order valence-electron chi connectivity index (χ4n) is 2.61. The van der Waals surface area contributed by atoms with Gasteiger partial charge in [0.15, 0.2) is 0 Å². The zero-order chi connectivity index (χ0) is 12.6. The van der Waals surface area contributed by atoms with E-state index in [4.69, 9.17) is 0 Å². The van der Waals surface area contributed by atoms with Crippen molar-refractivity contribution in [1.29, 1.82) is 0 Å². The second-order valence-corrected chi connectivity index (χ2v) is 5.23. The maximum Gasteiger partial charge on any atom is 0.237 e. The lowest BCUT2D eigenvalue weighted by Crippen LogP contribution is -2.45. The molecule has 1 aliphatic heterocycles. The largest absolute Gasteiger partial charge is 0.345 e. The van der Waals surface area contributed by atoms with Gasteiger partial charge in [0.1, 0.15) is 5.82 Å². The second-order valence-electron chi connectivity index (χ2n) is 5.23. The van der Waals surface area contributed by atoms with E-state index >= 15 is 0 Å². The van der Waals surface area contributed by atoms with Gasteiger partial charge in [-0.05, 0) is 49.9 Å². The average molecular weight is 248 g/mol. The van der Waals surface area contributed by atoms with Crippen molar-refractivity contribution in [2.24, 2.45) is 0 Å². The second kappa shape index (κ2) is 4.35. The van der Waals surface area contributed by atoms with E-state index in [0.29, 0.717) is 0 Å². The molecule has 1 saturated carbocycles. The molecule has 1 heterocycles. The summed E-state index contributed by atoms with van der Waals surface area (Å²) >= 11 is 0. The smallest absolute Gasteiger partial charge is 0.237 e. The highest BCUT2D eigenvalue weighted by Crippen LogP contribution is 2.45. The molecule has 1 amide bonds. The molecule has 2 aliphatic rings. The molecule has 4 heteroatoms. The highest BCUT2D eigenvalue weighted by Gasteiger charge is 2.46. The quantitative estimate of drug-likeness (QED) is 0.854. The summed E-state index contributed by atoms with van der Waals surface area (Å²) in [6.07, 6.45) is 3.85. The van der Waals surface area contributed by atoms with Crippen molar-refractivity contribution >= 4 is 5.91 Å². The number of hydrogen-bond acceptors (Lipinski definition) is 2. The van der Waals surface area contributed by atoms with Crippen LogP contribution in [0.15, 0.2) is 24.3 Å². The Morgan fingerprint density at radius 3 is 2.61 bits per heavy atom. The van der Waals surface area contributed by atoms with Crippen LogP contribution in [0.3, 0.4) is 0 Å². The first-order valence-corrected chi connectivity index (χ1v) is 6.51. The van der Waals surface area contributed by atoms with Crippen LogP contribution in [-0.4, -0.2) is 18.5 Å². The van der Waals surface area contributed by atoms with E-state index in [1.54, 1.807) is 12.1 Å². The topological polar surface area (TPSA) is 41.1 Å². The fourth-order valence-corrected chi connectivity index (χ4v) is 2.61. The van der Waals surface area contributed by atoms with E-state index in [9.17, 15) is 9.18 Å². The molecule has 0 aromatic heterocycles. The van der Waals surface area contributed by atoms with Crippen LogP contribution in [0, 0.1) is 5.82 Å². The Balaban J connectivity index is 1.71. The van der Waals surface area contributed by atoms with Crippen molar-refractivity contribution in [1.82, 2.24) is 10.6 Å². The lowest BCUT2D eigenvalue weighted by Gasteiger charge is -2.20. The Morgan fingerprint density at radius 1 is 1.33 bits per heavy atom. The molecular weight excluding hydrogens is 231 g/mol. The third-order valence-electron chi connectivity index (χ3n) is 3.89. The SMILES string of the molecule is O=C(NC1(c2ccc(F)cc2)CC1)C1CCCN1. The number of halogens is 1. The molecule has 1 aromatic rings. The van der Waals surface area contributed by atoms with E-state index in [0.717, 1.165) is 37.8 Å². The minimum atomic E-state index is -0.241. The molecule has 0 radical (unpaired) electrons. The molecular formula is C14H17FN2O. The van der Waals surface area contributed by atoms with Crippen molar-refractivity contribution in [3.8, 4) is 0 Å². The van der Waals surface area contributed by atoms with Crippen LogP contribution >= 0.6 is 0 Å². The van der Waals surface area contributed by atoms with Gasteiger partial charge >= 0.3 is 0 Å². The van der Waals surface area contributed by atoms with Gasteiger partial charge in [0, 0.05) is 0 Å². The van der Waals surface area contributed by atoms with Crippen LogP contribution in [0.4, 0.5) is 4.39 Å². The van der Waals surface area contributed by atoms with E-state index in [-0.39, 0.29) is 23.3 Å². The first-order valence-electron chi connectivity index (χ1n) is 6.51. The predicted molar refractivity (Wildman–Crippen MR) is 66.5 cm³/mol. The average Bonchev–Trinajstić information content (AvgIpc) is 2.94. The van der Waals surface area contributed by atoms with Crippen LogP contribution in [0.5, 0.6) is 0 Å². The Morgan fingerprint density at radius 2 is 2.06 bits per heavy atom. The first kappa shape index (κ1) is 11.7. The number of carbonyl (C=O) groups is 1. The molecule has 2 N–H and O–H groups in total. The third kappa shape index (κ3) is 2.12. The number of amides is 1. The number of rotatable bonds is 3. The molecule has 3 nitrogen and oxygen atoms in total. The number of benzene rings is 1. The maximum absolute atomic E-state index is 12.9. The van der Waals surface area contributed by atoms with E-state index < -0.39 is 0 Å². The molecule has 3 rings (SSSR count). The summed E-state index contributed by atoms with van der Waals surface area (Å²) in [6.45, 7) is 0.918. The number of hydrogen-bond donors (Lipinski definition) is 2. The lowest BCUT2D eigenvalue weighted by molar-refractivity contribution is -0.123. The molecule has 18 heavy (non-hydrogen) atoms.